The third-order valence-corrected chi connectivity index (χ3v) is 5.17. The molecule has 0 aliphatic carbocycles. The van der Waals surface area contributed by atoms with Crippen LogP contribution < -0.4 is 5.32 Å². The Kier molecular flexibility index (Phi) is 6.67. The molecule has 0 aliphatic rings. The molecule has 6 nitrogen and oxygen atoms in total. The molecule has 0 aliphatic heterocycles. The van der Waals surface area contributed by atoms with Crippen molar-refractivity contribution in [3.05, 3.63) is 65.9 Å². The van der Waals surface area contributed by atoms with E-state index in [4.69, 9.17) is 0 Å². The lowest BCUT2D eigenvalue weighted by Crippen LogP contribution is -2.37. The lowest BCUT2D eigenvalue weighted by Gasteiger charge is -2.19. The molecule has 2 amide bonds. The van der Waals surface area contributed by atoms with Crippen LogP contribution >= 0.6 is 0 Å². The fourth-order valence-electron chi connectivity index (χ4n) is 3.23. The first-order chi connectivity index (χ1) is 14.4. The number of hydrogen-bond donors (Lipinski definition) is 1. The van der Waals surface area contributed by atoms with Crippen molar-refractivity contribution in [3.8, 4) is 16.9 Å². The molecule has 0 bridgehead atoms. The van der Waals surface area contributed by atoms with E-state index in [2.05, 4.69) is 36.3 Å². The third-order valence-electron chi connectivity index (χ3n) is 5.17. The molecule has 30 heavy (non-hydrogen) atoms. The summed E-state index contributed by atoms with van der Waals surface area (Å²) < 4.78 is 1.88. The van der Waals surface area contributed by atoms with Crippen LogP contribution in [0.5, 0.6) is 0 Å². The van der Waals surface area contributed by atoms with Crippen molar-refractivity contribution in [2.75, 3.05) is 18.4 Å². The molecule has 1 heterocycles. The predicted octanol–water partition coefficient (Wildman–Crippen LogP) is 4.35. The van der Waals surface area contributed by atoms with E-state index in [1.807, 2.05) is 54.1 Å². The molecule has 0 unspecified atom stereocenters. The van der Waals surface area contributed by atoms with Crippen molar-refractivity contribution < 1.29 is 9.59 Å². The van der Waals surface area contributed by atoms with Crippen molar-refractivity contribution in [2.45, 2.75) is 34.1 Å². The molecule has 1 aromatic heterocycles. The molecule has 156 valence electrons. The number of likely N-dealkylation sites (N-methyl/N-ethyl adjacent to an activating group) is 1. The highest BCUT2D eigenvalue weighted by Crippen LogP contribution is 2.25. The van der Waals surface area contributed by atoms with Crippen LogP contribution in [-0.4, -0.2) is 39.4 Å². The van der Waals surface area contributed by atoms with Crippen molar-refractivity contribution >= 4 is 17.8 Å². The lowest BCUT2D eigenvalue weighted by molar-refractivity contribution is -0.134. The van der Waals surface area contributed by atoms with Crippen LogP contribution in [0.3, 0.4) is 0 Å². The summed E-state index contributed by atoms with van der Waals surface area (Å²) >= 11 is 0. The SMILES string of the molecule is CCC(=O)N(CC)CC(=O)Nc1nc(-c2ccccc2)cn1-c1ccc(C)c(C)c1. The van der Waals surface area contributed by atoms with E-state index in [1.165, 1.54) is 10.5 Å². The molecule has 0 fully saturated rings. The predicted molar refractivity (Wildman–Crippen MR) is 120 cm³/mol. The minimum Gasteiger partial charge on any atom is -0.334 e. The number of benzene rings is 2. The fraction of sp³-hybridized carbons (Fsp3) is 0.292. The normalized spacial score (nSPS) is 10.7. The summed E-state index contributed by atoms with van der Waals surface area (Å²) in [5.74, 6) is 0.117. The molecule has 6 heteroatoms. The lowest BCUT2D eigenvalue weighted by atomic mass is 10.1. The van der Waals surface area contributed by atoms with Crippen molar-refractivity contribution in [1.29, 1.82) is 0 Å². The Hall–Kier alpha value is -3.41. The molecule has 0 radical (unpaired) electrons. The minimum absolute atomic E-state index is 0.00360. The van der Waals surface area contributed by atoms with E-state index in [0.29, 0.717) is 18.9 Å². The summed E-state index contributed by atoms with van der Waals surface area (Å²) in [7, 11) is 0. The average molecular weight is 405 g/mol. The number of aryl methyl sites for hydroxylation is 2. The molecule has 0 spiro atoms. The number of nitrogens with one attached hydrogen (secondary N) is 1. The molecular formula is C24H28N4O2. The first kappa shape index (κ1) is 21.3. The van der Waals surface area contributed by atoms with Crippen LogP contribution in [0.1, 0.15) is 31.4 Å². The summed E-state index contributed by atoms with van der Waals surface area (Å²) in [6.07, 6.45) is 2.29. The van der Waals surface area contributed by atoms with Crippen molar-refractivity contribution in [1.82, 2.24) is 14.5 Å². The van der Waals surface area contributed by atoms with Gasteiger partial charge in [0.15, 0.2) is 0 Å². The van der Waals surface area contributed by atoms with Gasteiger partial charge in [0.2, 0.25) is 17.8 Å². The van der Waals surface area contributed by atoms with Crippen molar-refractivity contribution in [3.63, 3.8) is 0 Å². The maximum Gasteiger partial charge on any atom is 0.246 e. The van der Waals surface area contributed by atoms with Gasteiger partial charge in [0, 0.05) is 30.4 Å². The van der Waals surface area contributed by atoms with E-state index in [-0.39, 0.29) is 18.4 Å². The van der Waals surface area contributed by atoms with Crippen LogP contribution in [0.2, 0.25) is 0 Å². The first-order valence-electron chi connectivity index (χ1n) is 10.2. The smallest absolute Gasteiger partial charge is 0.246 e. The molecule has 1 N–H and O–H groups in total. The Morgan fingerprint density at radius 2 is 1.77 bits per heavy atom. The maximum atomic E-state index is 12.7. The van der Waals surface area contributed by atoms with Crippen molar-refractivity contribution in [2.24, 2.45) is 0 Å². The second-order valence-corrected chi connectivity index (χ2v) is 7.26. The number of hydrogen-bond acceptors (Lipinski definition) is 3. The second-order valence-electron chi connectivity index (χ2n) is 7.26. The Bertz CT molecular complexity index is 1040. The van der Waals surface area contributed by atoms with Gasteiger partial charge in [-0.25, -0.2) is 4.98 Å². The van der Waals surface area contributed by atoms with E-state index < -0.39 is 0 Å². The second kappa shape index (κ2) is 9.39. The zero-order valence-electron chi connectivity index (χ0n) is 18.0. The number of carbonyl (C=O) groups excluding carboxylic acids is 2. The summed E-state index contributed by atoms with van der Waals surface area (Å²) in [5, 5.41) is 2.90. The van der Waals surface area contributed by atoms with Gasteiger partial charge in [0.05, 0.1) is 12.2 Å². The van der Waals surface area contributed by atoms with E-state index in [0.717, 1.165) is 22.5 Å². The van der Waals surface area contributed by atoms with E-state index in [1.54, 1.807) is 6.92 Å². The van der Waals surface area contributed by atoms with Crippen LogP contribution in [-0.2, 0) is 9.59 Å². The monoisotopic (exact) mass is 404 g/mol. The minimum atomic E-state index is -0.269. The largest absolute Gasteiger partial charge is 0.334 e. The molecule has 3 rings (SSSR count). The maximum absolute atomic E-state index is 12.7. The van der Waals surface area contributed by atoms with Crippen LogP contribution in [0, 0.1) is 13.8 Å². The van der Waals surface area contributed by atoms with Crippen LogP contribution in [0.25, 0.3) is 16.9 Å². The summed E-state index contributed by atoms with van der Waals surface area (Å²) in [6.45, 7) is 8.27. The molecule has 2 aromatic carbocycles. The van der Waals surface area contributed by atoms with Crippen LogP contribution in [0.15, 0.2) is 54.7 Å². The summed E-state index contributed by atoms with van der Waals surface area (Å²) in [4.78, 5) is 30.9. The van der Waals surface area contributed by atoms with Crippen LogP contribution in [0.4, 0.5) is 5.95 Å². The Labute approximate surface area is 177 Å². The van der Waals surface area contributed by atoms with Gasteiger partial charge in [-0.05, 0) is 44.0 Å². The van der Waals surface area contributed by atoms with Gasteiger partial charge >= 0.3 is 0 Å². The number of rotatable bonds is 7. The topological polar surface area (TPSA) is 67.2 Å². The highest BCUT2D eigenvalue weighted by molar-refractivity contribution is 5.93. The van der Waals surface area contributed by atoms with Gasteiger partial charge in [0.25, 0.3) is 0 Å². The van der Waals surface area contributed by atoms with Gasteiger partial charge in [-0.2, -0.15) is 0 Å². The summed E-state index contributed by atoms with van der Waals surface area (Å²) in [5.41, 5.74) is 5.00. The van der Waals surface area contributed by atoms with Gasteiger partial charge in [-0.15, -0.1) is 0 Å². The Balaban J connectivity index is 1.95. The first-order valence-corrected chi connectivity index (χ1v) is 10.2. The van der Waals surface area contributed by atoms with Gasteiger partial charge in [-0.3, -0.25) is 19.5 Å². The number of imidazole rings is 1. The zero-order chi connectivity index (χ0) is 21.7. The Morgan fingerprint density at radius 3 is 2.40 bits per heavy atom. The molecule has 0 atom stereocenters. The van der Waals surface area contributed by atoms with Gasteiger partial charge in [-0.1, -0.05) is 43.3 Å². The number of aromatic nitrogens is 2. The molecule has 3 aromatic rings. The molecular weight excluding hydrogens is 376 g/mol. The van der Waals surface area contributed by atoms with Gasteiger partial charge in [0.1, 0.15) is 0 Å². The summed E-state index contributed by atoms with van der Waals surface area (Å²) in [6, 6.07) is 16.0. The number of carbonyl (C=O) groups is 2. The highest BCUT2D eigenvalue weighted by atomic mass is 16.2. The Morgan fingerprint density at radius 1 is 1.03 bits per heavy atom. The number of nitrogens with zero attached hydrogens (tertiary/aromatic N) is 3. The average Bonchev–Trinajstić information content (AvgIpc) is 3.17. The van der Waals surface area contributed by atoms with Gasteiger partial charge < -0.3 is 4.90 Å². The third kappa shape index (κ3) is 4.76. The molecule has 0 saturated heterocycles. The standard InChI is InChI=1S/C24H28N4O2/c1-5-23(30)27(6-2)16-22(29)26-24-25-21(19-10-8-7-9-11-19)15-28(24)20-13-12-17(3)18(4)14-20/h7-15H,5-6,16H2,1-4H3,(H,25,26,29). The van der Waals surface area contributed by atoms with E-state index in [9.17, 15) is 9.59 Å². The number of anilines is 1. The quantitative estimate of drug-likeness (QED) is 0.636. The fourth-order valence-corrected chi connectivity index (χ4v) is 3.23. The van der Waals surface area contributed by atoms with E-state index >= 15 is 0 Å². The zero-order valence-corrected chi connectivity index (χ0v) is 18.0. The highest BCUT2D eigenvalue weighted by Gasteiger charge is 2.18. The molecule has 0 saturated carbocycles. The number of amides is 2.